The summed E-state index contributed by atoms with van der Waals surface area (Å²) in [4.78, 5) is 27.5. The first-order valence-corrected chi connectivity index (χ1v) is 12.8. The van der Waals surface area contributed by atoms with Gasteiger partial charge in [0.1, 0.15) is 10.7 Å². The number of hydrogen-bond acceptors (Lipinski definition) is 9. The molecule has 6 rings (SSSR count). The van der Waals surface area contributed by atoms with Gasteiger partial charge in [-0.1, -0.05) is 41.7 Å². The largest absolute Gasteiger partial charge is 0.268 e. The van der Waals surface area contributed by atoms with Gasteiger partial charge in [-0.3, -0.25) is 14.6 Å². The number of nitrogens with one attached hydrogen (secondary N) is 1. The van der Waals surface area contributed by atoms with Gasteiger partial charge in [0.05, 0.1) is 32.2 Å². The van der Waals surface area contributed by atoms with Crippen LogP contribution in [0.5, 0.6) is 0 Å². The van der Waals surface area contributed by atoms with Gasteiger partial charge in [0.2, 0.25) is 5.13 Å². The van der Waals surface area contributed by atoms with Crippen LogP contribution in [0.15, 0.2) is 86.1 Å². The number of thiazole rings is 2. The molecular formula is C24H16N6OS3. The Labute approximate surface area is 205 Å². The van der Waals surface area contributed by atoms with Gasteiger partial charge in [0, 0.05) is 6.20 Å². The molecule has 0 bridgehead atoms. The minimum absolute atomic E-state index is 0.188. The van der Waals surface area contributed by atoms with Gasteiger partial charge in [0.25, 0.3) is 5.56 Å². The molecule has 4 aromatic heterocycles. The number of hydrogen-bond donors (Lipinski definition) is 1. The molecule has 0 saturated carbocycles. The molecule has 0 saturated heterocycles. The lowest BCUT2D eigenvalue weighted by molar-refractivity contribution is 0.967. The molecule has 10 heteroatoms. The highest BCUT2D eigenvalue weighted by molar-refractivity contribution is 8.01. The lowest BCUT2D eigenvalue weighted by atomic mass is 10.3. The van der Waals surface area contributed by atoms with Gasteiger partial charge in [-0.05, 0) is 54.6 Å². The van der Waals surface area contributed by atoms with Gasteiger partial charge < -0.3 is 0 Å². The standard InChI is InChI=1S/C24H16N6OS3/c1-14-7-6-12-30-20(14)28-21(34-24-27-17-9-3-5-11-19(17)33-24)15(22(30)31)13-25-29-23-26-16-8-2-4-10-18(16)32-23/h2-13H,1H3,(H,26,29). The molecule has 0 spiro atoms. The zero-order valence-corrected chi connectivity index (χ0v) is 20.2. The lowest BCUT2D eigenvalue weighted by Crippen LogP contribution is -2.21. The summed E-state index contributed by atoms with van der Waals surface area (Å²) in [5.41, 5.74) is 6.53. The predicted octanol–water partition coefficient (Wildman–Crippen LogP) is 5.82. The zero-order chi connectivity index (χ0) is 23.1. The third-order valence-electron chi connectivity index (χ3n) is 5.16. The van der Waals surface area contributed by atoms with Crippen molar-refractivity contribution in [3.63, 3.8) is 0 Å². The molecule has 0 fully saturated rings. The molecule has 34 heavy (non-hydrogen) atoms. The number of pyridine rings is 1. The number of fused-ring (bicyclic) bond motifs is 3. The summed E-state index contributed by atoms with van der Waals surface area (Å²) in [5, 5.41) is 5.55. The molecule has 166 valence electrons. The molecule has 1 N–H and O–H groups in total. The van der Waals surface area contributed by atoms with Crippen LogP contribution in [0.1, 0.15) is 11.1 Å². The van der Waals surface area contributed by atoms with Crippen molar-refractivity contribution in [3.05, 3.63) is 88.3 Å². The van der Waals surface area contributed by atoms with Crippen LogP contribution < -0.4 is 11.0 Å². The molecule has 0 unspecified atom stereocenters. The highest BCUT2D eigenvalue weighted by Crippen LogP contribution is 2.34. The Morgan fingerprint density at radius 2 is 1.68 bits per heavy atom. The zero-order valence-electron chi connectivity index (χ0n) is 17.8. The quantitative estimate of drug-likeness (QED) is 0.182. The highest BCUT2D eigenvalue weighted by atomic mass is 32.2. The van der Waals surface area contributed by atoms with Crippen LogP contribution in [0, 0.1) is 6.92 Å². The Morgan fingerprint density at radius 3 is 2.44 bits per heavy atom. The molecule has 0 aliphatic rings. The molecule has 0 radical (unpaired) electrons. The van der Waals surface area contributed by atoms with E-state index < -0.39 is 0 Å². The van der Waals surface area contributed by atoms with Crippen LogP contribution in [-0.4, -0.2) is 25.6 Å². The molecular weight excluding hydrogens is 485 g/mol. The first-order valence-electron chi connectivity index (χ1n) is 10.4. The fourth-order valence-electron chi connectivity index (χ4n) is 3.53. The number of aromatic nitrogens is 4. The van der Waals surface area contributed by atoms with Crippen molar-refractivity contribution >= 4 is 71.9 Å². The van der Waals surface area contributed by atoms with Gasteiger partial charge in [0.15, 0.2) is 4.34 Å². The molecule has 0 aliphatic carbocycles. The third kappa shape index (κ3) is 3.85. The topological polar surface area (TPSA) is 84.5 Å². The summed E-state index contributed by atoms with van der Waals surface area (Å²) in [5.74, 6) is 0. The monoisotopic (exact) mass is 500 g/mol. The first kappa shape index (κ1) is 21.0. The number of para-hydroxylation sites is 2. The van der Waals surface area contributed by atoms with Crippen LogP contribution >= 0.6 is 34.4 Å². The number of anilines is 1. The highest BCUT2D eigenvalue weighted by Gasteiger charge is 2.16. The van der Waals surface area contributed by atoms with Gasteiger partial charge in [-0.25, -0.2) is 15.0 Å². The minimum atomic E-state index is -0.188. The maximum Gasteiger partial charge on any atom is 0.267 e. The fraction of sp³-hybridized carbons (Fsp3) is 0.0417. The van der Waals surface area contributed by atoms with Crippen molar-refractivity contribution in [2.45, 2.75) is 16.3 Å². The van der Waals surface area contributed by atoms with E-state index in [1.165, 1.54) is 29.3 Å². The summed E-state index contributed by atoms with van der Waals surface area (Å²) in [6.07, 6.45) is 3.24. The number of aryl methyl sites for hydroxylation is 1. The lowest BCUT2D eigenvalue weighted by Gasteiger charge is -2.08. The van der Waals surface area contributed by atoms with E-state index >= 15 is 0 Å². The summed E-state index contributed by atoms with van der Waals surface area (Å²) < 4.78 is 4.53. The number of rotatable bonds is 5. The van der Waals surface area contributed by atoms with Crippen molar-refractivity contribution in [2.24, 2.45) is 5.10 Å². The Balaban J connectivity index is 1.41. The maximum atomic E-state index is 13.4. The van der Waals surface area contributed by atoms with Gasteiger partial charge in [-0.2, -0.15) is 5.10 Å². The third-order valence-corrected chi connectivity index (χ3v) is 8.20. The fourth-order valence-corrected chi connectivity index (χ4v) is 6.41. The van der Waals surface area contributed by atoms with Crippen molar-refractivity contribution in [3.8, 4) is 0 Å². The summed E-state index contributed by atoms with van der Waals surface area (Å²) >= 11 is 4.45. The van der Waals surface area contributed by atoms with Crippen LogP contribution in [-0.2, 0) is 0 Å². The Morgan fingerprint density at radius 1 is 0.941 bits per heavy atom. The Bertz CT molecular complexity index is 1700. The number of benzene rings is 2. The van der Waals surface area contributed by atoms with E-state index in [-0.39, 0.29) is 5.56 Å². The number of nitrogens with zero attached hydrogens (tertiary/aromatic N) is 5. The van der Waals surface area contributed by atoms with E-state index in [9.17, 15) is 4.79 Å². The van der Waals surface area contributed by atoms with E-state index in [0.29, 0.717) is 21.4 Å². The summed E-state index contributed by atoms with van der Waals surface area (Å²) in [6, 6.07) is 19.6. The number of hydrazone groups is 1. The van der Waals surface area contributed by atoms with E-state index in [2.05, 4.69) is 15.5 Å². The summed E-state index contributed by atoms with van der Waals surface area (Å²) in [7, 11) is 0. The SMILES string of the molecule is Cc1cccn2c(=O)c(C=NNc3nc4ccccc4s3)c(Sc3nc4ccccc4s3)nc12. The van der Waals surface area contributed by atoms with Gasteiger partial charge >= 0.3 is 0 Å². The Kier molecular flexibility index (Phi) is 5.33. The first-order chi connectivity index (χ1) is 16.7. The second-order valence-electron chi connectivity index (χ2n) is 7.43. The van der Waals surface area contributed by atoms with Crippen LogP contribution in [0.2, 0.25) is 0 Å². The normalized spacial score (nSPS) is 11.8. The summed E-state index contributed by atoms with van der Waals surface area (Å²) in [6.45, 7) is 1.94. The van der Waals surface area contributed by atoms with Crippen molar-refractivity contribution in [2.75, 3.05) is 5.43 Å². The molecule has 0 aliphatic heterocycles. The molecule has 7 nitrogen and oxygen atoms in total. The Hall–Kier alpha value is -3.60. The smallest absolute Gasteiger partial charge is 0.267 e. The average Bonchev–Trinajstić information content (AvgIpc) is 3.44. The maximum absolute atomic E-state index is 13.4. The molecule has 2 aromatic carbocycles. The van der Waals surface area contributed by atoms with Crippen molar-refractivity contribution in [1.29, 1.82) is 0 Å². The molecule has 6 aromatic rings. The molecule has 4 heterocycles. The minimum Gasteiger partial charge on any atom is -0.268 e. The second kappa shape index (κ2) is 8.64. The molecule has 0 amide bonds. The average molecular weight is 501 g/mol. The van der Waals surface area contributed by atoms with E-state index in [1.807, 2.05) is 67.6 Å². The predicted molar refractivity (Wildman–Crippen MR) is 141 cm³/mol. The van der Waals surface area contributed by atoms with E-state index in [4.69, 9.17) is 9.97 Å². The van der Waals surface area contributed by atoms with E-state index in [0.717, 1.165) is 30.3 Å². The van der Waals surface area contributed by atoms with E-state index in [1.54, 1.807) is 21.9 Å². The van der Waals surface area contributed by atoms with Crippen molar-refractivity contribution in [1.82, 2.24) is 19.4 Å². The van der Waals surface area contributed by atoms with Crippen LogP contribution in [0.4, 0.5) is 5.13 Å². The van der Waals surface area contributed by atoms with Crippen LogP contribution in [0.3, 0.4) is 0 Å². The second-order valence-corrected chi connectivity index (χ2v) is 10.7. The molecule has 0 atom stereocenters. The van der Waals surface area contributed by atoms with Crippen LogP contribution in [0.25, 0.3) is 26.1 Å². The van der Waals surface area contributed by atoms with Gasteiger partial charge in [-0.15, -0.1) is 11.3 Å². The van der Waals surface area contributed by atoms with Crippen molar-refractivity contribution < 1.29 is 0 Å².